The van der Waals surface area contributed by atoms with Crippen LogP contribution in [0.3, 0.4) is 0 Å². The van der Waals surface area contributed by atoms with Crippen LogP contribution in [0.25, 0.3) is 0 Å². The lowest BCUT2D eigenvalue weighted by molar-refractivity contribution is -0.282. The number of hydrogen-bond acceptors (Lipinski definition) is 12. The molecule has 0 aromatic heterocycles. The van der Waals surface area contributed by atoms with Gasteiger partial charge in [0.1, 0.15) is 11.5 Å². The molecule has 1 aromatic rings. The molecule has 1 aliphatic rings. The summed E-state index contributed by atoms with van der Waals surface area (Å²) in [5.74, 6) is -3.67. The lowest BCUT2D eigenvalue weighted by Crippen LogP contribution is -2.64. The van der Waals surface area contributed by atoms with Gasteiger partial charge in [-0.2, -0.15) is 0 Å². The summed E-state index contributed by atoms with van der Waals surface area (Å²) in [5.41, 5.74) is 0. The molecule has 1 aliphatic heterocycles. The molecule has 13 heteroatoms. The molecule has 1 saturated heterocycles. The van der Waals surface area contributed by atoms with Crippen molar-refractivity contribution in [1.82, 2.24) is 0 Å². The zero-order valence-electron chi connectivity index (χ0n) is 18.9. The van der Waals surface area contributed by atoms with Gasteiger partial charge in [-0.3, -0.25) is 19.2 Å². The number of carbonyl (C=O) groups is 5. The van der Waals surface area contributed by atoms with Gasteiger partial charge in [0.25, 0.3) is 0 Å². The lowest BCUT2D eigenvalue weighted by atomic mass is 9.97. The van der Waals surface area contributed by atoms with E-state index in [0.29, 0.717) is 3.57 Å². The molecule has 5 atom stereocenters. The highest BCUT2D eigenvalue weighted by molar-refractivity contribution is 14.1. The number of ether oxygens (including phenoxy) is 7. The number of hydrogen-bond donors (Lipinski definition) is 0. The first-order valence-corrected chi connectivity index (χ1v) is 10.9. The average Bonchev–Trinajstić information content (AvgIpc) is 2.69. The highest BCUT2D eigenvalue weighted by Gasteiger charge is 2.55. The molecule has 186 valence electrons. The summed E-state index contributed by atoms with van der Waals surface area (Å²) in [6, 6.07) is 4.48. The maximum absolute atomic E-state index is 12.4. The van der Waals surface area contributed by atoms with Gasteiger partial charge in [0.05, 0.1) is 7.11 Å². The number of rotatable bonds is 7. The second-order valence-corrected chi connectivity index (χ2v) is 8.25. The van der Waals surface area contributed by atoms with Crippen molar-refractivity contribution in [1.29, 1.82) is 0 Å². The van der Waals surface area contributed by atoms with E-state index in [-0.39, 0.29) is 11.5 Å². The number of halogens is 1. The zero-order valence-corrected chi connectivity index (χ0v) is 21.1. The van der Waals surface area contributed by atoms with Crippen LogP contribution in [0.1, 0.15) is 27.7 Å². The minimum Gasteiger partial charge on any atom is -0.467 e. The third-order valence-electron chi connectivity index (χ3n) is 4.19. The Hall–Kier alpha value is -2.94. The smallest absolute Gasteiger partial charge is 0.339 e. The molecule has 0 saturated carbocycles. The molecular weight excluding hydrogens is 571 g/mol. The fourth-order valence-corrected chi connectivity index (χ4v) is 3.75. The highest BCUT2D eigenvalue weighted by Crippen LogP contribution is 2.33. The average molecular weight is 594 g/mol. The van der Waals surface area contributed by atoms with Gasteiger partial charge in [-0.15, -0.1) is 0 Å². The minimum atomic E-state index is -1.59. The Morgan fingerprint density at radius 1 is 0.765 bits per heavy atom. The van der Waals surface area contributed by atoms with Crippen molar-refractivity contribution in [2.24, 2.45) is 0 Å². The fraction of sp³-hybridized carbons (Fsp3) is 0.476. The van der Waals surface area contributed by atoms with Crippen molar-refractivity contribution in [2.75, 3.05) is 7.11 Å². The van der Waals surface area contributed by atoms with Crippen LogP contribution in [0, 0.1) is 3.57 Å². The Balaban J connectivity index is 2.53. The molecule has 0 aliphatic carbocycles. The maximum atomic E-state index is 12.4. The number of benzene rings is 1. The molecule has 12 nitrogen and oxygen atoms in total. The molecule has 0 unspecified atom stereocenters. The van der Waals surface area contributed by atoms with E-state index in [1.807, 2.05) is 22.6 Å². The van der Waals surface area contributed by atoms with E-state index in [1.165, 1.54) is 13.0 Å². The van der Waals surface area contributed by atoms with Crippen LogP contribution in [0.4, 0.5) is 0 Å². The Kier molecular flexibility index (Phi) is 9.61. The first-order valence-electron chi connectivity index (χ1n) is 9.81. The number of esters is 5. The summed E-state index contributed by atoms with van der Waals surface area (Å²) >= 11 is 1.96. The van der Waals surface area contributed by atoms with Crippen LogP contribution in [0.5, 0.6) is 11.5 Å². The van der Waals surface area contributed by atoms with Gasteiger partial charge in [-0.25, -0.2) is 4.79 Å². The Morgan fingerprint density at radius 3 is 1.82 bits per heavy atom. The summed E-state index contributed by atoms with van der Waals surface area (Å²) < 4.78 is 37.7. The van der Waals surface area contributed by atoms with E-state index < -0.39 is 60.6 Å². The van der Waals surface area contributed by atoms with Crippen LogP contribution in [0.2, 0.25) is 0 Å². The lowest BCUT2D eigenvalue weighted by Gasteiger charge is -2.43. The fourth-order valence-electron chi connectivity index (χ4n) is 3.14. The minimum absolute atomic E-state index is 0.112. The first kappa shape index (κ1) is 27.3. The van der Waals surface area contributed by atoms with Gasteiger partial charge < -0.3 is 33.2 Å². The topological polar surface area (TPSA) is 150 Å². The molecule has 1 fully saturated rings. The summed E-state index contributed by atoms with van der Waals surface area (Å²) in [7, 11) is 1.08. The molecule has 0 amide bonds. The second kappa shape index (κ2) is 12.0. The molecule has 2 rings (SSSR count). The Labute approximate surface area is 208 Å². The van der Waals surface area contributed by atoms with Crippen LogP contribution in [0.15, 0.2) is 18.2 Å². The molecule has 0 spiro atoms. The van der Waals surface area contributed by atoms with Crippen LogP contribution < -0.4 is 9.47 Å². The van der Waals surface area contributed by atoms with Gasteiger partial charge in [-0.05, 0) is 34.7 Å². The van der Waals surface area contributed by atoms with E-state index in [2.05, 4.69) is 0 Å². The second-order valence-electron chi connectivity index (χ2n) is 7.00. The maximum Gasteiger partial charge on any atom is 0.339 e. The molecular formula is C21H23IO12. The van der Waals surface area contributed by atoms with Crippen molar-refractivity contribution < 1.29 is 57.1 Å². The van der Waals surface area contributed by atoms with Crippen LogP contribution in [-0.2, 0) is 47.7 Å². The van der Waals surface area contributed by atoms with Gasteiger partial charge in [0, 0.05) is 37.3 Å². The summed E-state index contributed by atoms with van der Waals surface area (Å²) in [6.07, 6.45) is -7.56. The van der Waals surface area contributed by atoms with Crippen molar-refractivity contribution in [3.05, 3.63) is 21.8 Å². The van der Waals surface area contributed by atoms with Crippen molar-refractivity contribution in [3.63, 3.8) is 0 Å². The Bertz CT molecular complexity index is 961. The van der Waals surface area contributed by atoms with Gasteiger partial charge in [0.15, 0.2) is 18.3 Å². The number of carbonyl (C=O) groups excluding carboxylic acids is 5. The predicted octanol–water partition coefficient (Wildman–Crippen LogP) is 1.29. The molecule has 0 bridgehead atoms. The zero-order chi connectivity index (χ0) is 25.6. The third kappa shape index (κ3) is 7.55. The molecule has 34 heavy (non-hydrogen) atoms. The van der Waals surface area contributed by atoms with Crippen molar-refractivity contribution >= 4 is 52.4 Å². The first-order chi connectivity index (χ1) is 15.9. The normalized spacial score (nSPS) is 23.8. The monoisotopic (exact) mass is 594 g/mol. The van der Waals surface area contributed by atoms with E-state index >= 15 is 0 Å². The summed E-state index contributed by atoms with van der Waals surface area (Å²) in [5, 5.41) is 0. The van der Waals surface area contributed by atoms with Crippen LogP contribution >= 0.6 is 22.6 Å². The SMILES string of the molecule is COC(=O)[C@H]1O[C@@H](Oc2cc(I)cc(OC(C)=O)c2)[C@H](OC(C)=O)[C@@H](OC(C)=O)[C@@H]1OC(C)=O. The number of methoxy groups -OCH3 is 1. The van der Waals surface area contributed by atoms with E-state index in [4.69, 9.17) is 33.2 Å². The molecule has 0 N–H and O–H groups in total. The van der Waals surface area contributed by atoms with E-state index in [1.54, 1.807) is 12.1 Å². The van der Waals surface area contributed by atoms with Crippen LogP contribution in [-0.4, -0.2) is 67.7 Å². The van der Waals surface area contributed by atoms with Gasteiger partial charge >= 0.3 is 29.8 Å². The predicted molar refractivity (Wildman–Crippen MR) is 118 cm³/mol. The largest absolute Gasteiger partial charge is 0.467 e. The molecule has 1 heterocycles. The van der Waals surface area contributed by atoms with Gasteiger partial charge in [0.2, 0.25) is 12.4 Å². The van der Waals surface area contributed by atoms with Crippen molar-refractivity contribution in [2.45, 2.75) is 58.4 Å². The van der Waals surface area contributed by atoms with E-state index in [9.17, 15) is 24.0 Å². The molecule has 0 radical (unpaired) electrons. The third-order valence-corrected chi connectivity index (χ3v) is 4.82. The highest BCUT2D eigenvalue weighted by atomic mass is 127. The Morgan fingerprint density at radius 2 is 1.29 bits per heavy atom. The standard InChI is InChI=1S/C21H23IO12/c1-9(23)29-14-6-13(22)7-15(8-14)33-21-19(32-12(4)26)17(31-11(3)25)16(30-10(2)24)18(34-21)20(27)28-5/h6-8,16-19,21H,1-5H3/t16-,17-,18-,19+,21+/m0/s1. The van der Waals surface area contributed by atoms with Gasteiger partial charge in [-0.1, -0.05) is 0 Å². The summed E-state index contributed by atoms with van der Waals surface area (Å²) in [6.45, 7) is 4.48. The molecule has 1 aromatic carbocycles. The summed E-state index contributed by atoms with van der Waals surface area (Å²) in [4.78, 5) is 59.2. The van der Waals surface area contributed by atoms with E-state index in [0.717, 1.165) is 27.9 Å². The van der Waals surface area contributed by atoms with Crippen molar-refractivity contribution in [3.8, 4) is 11.5 Å². The quantitative estimate of drug-likeness (QED) is 0.194.